The number of fused-ring (bicyclic) bond motifs is 5. The molecule has 6 heteroatoms. The van der Waals surface area contributed by atoms with Gasteiger partial charge in [-0.1, -0.05) is 51.3 Å². The first-order chi connectivity index (χ1) is 15.1. The maximum Gasteiger partial charge on any atom is 0.331 e. The number of halogens is 1. The third-order valence-corrected chi connectivity index (χ3v) is 9.43. The van der Waals surface area contributed by atoms with Gasteiger partial charge in [-0.05, 0) is 62.4 Å². The molecule has 0 unspecified atom stereocenters. The summed E-state index contributed by atoms with van der Waals surface area (Å²) in [6.45, 7) is 8.28. The molecule has 4 rings (SSSR count). The van der Waals surface area contributed by atoms with Gasteiger partial charge in [0.2, 0.25) is 0 Å². The second-order valence-corrected chi connectivity index (χ2v) is 11.1. The van der Waals surface area contributed by atoms with Crippen LogP contribution >= 0.6 is 11.6 Å². The van der Waals surface area contributed by atoms with E-state index in [1.165, 1.54) is 0 Å². The normalized spacial score (nSPS) is 40.3. The number of allylic oxidation sites excluding steroid dienone is 2. The highest BCUT2D eigenvalue weighted by atomic mass is 35.5. The highest BCUT2D eigenvalue weighted by Gasteiger charge is 2.68. The average Bonchev–Trinajstić information content (AvgIpc) is 3.03. The van der Waals surface area contributed by atoms with E-state index in [4.69, 9.17) is 21.1 Å². The van der Waals surface area contributed by atoms with E-state index >= 15 is 0 Å². The van der Waals surface area contributed by atoms with Gasteiger partial charge >= 0.3 is 11.9 Å². The standard InChI is InChI=1S/C26H35ClO5/c1-5-6-7-8-22(29)32-26(16(2)28)12-10-19-17-13-21(27)20-14-23(30)31-15-24(20,3)18(17)9-11-25(19,26)4/h13-14,17-19H,5-12,15H2,1-4H3/t17-,18+,19+,24-,25+,26+/m1/s1. The van der Waals surface area contributed by atoms with Crippen LogP contribution in [0.25, 0.3) is 0 Å². The van der Waals surface area contributed by atoms with Gasteiger partial charge in [0, 0.05) is 28.4 Å². The third-order valence-electron chi connectivity index (χ3n) is 9.10. The molecule has 0 radical (unpaired) electrons. The van der Waals surface area contributed by atoms with Gasteiger partial charge in [-0.25, -0.2) is 4.79 Å². The van der Waals surface area contributed by atoms with Crippen molar-refractivity contribution in [2.75, 3.05) is 6.61 Å². The van der Waals surface area contributed by atoms with Gasteiger partial charge in [0.15, 0.2) is 11.4 Å². The van der Waals surface area contributed by atoms with Crippen LogP contribution in [0.5, 0.6) is 0 Å². The van der Waals surface area contributed by atoms with E-state index in [0.29, 0.717) is 24.5 Å². The first-order valence-electron chi connectivity index (χ1n) is 12.1. The fourth-order valence-corrected chi connectivity index (χ4v) is 7.70. The molecular weight excluding hydrogens is 428 g/mol. The van der Waals surface area contributed by atoms with Crippen LogP contribution in [0.1, 0.15) is 79.1 Å². The number of carbonyl (C=O) groups excluding carboxylic acids is 3. The van der Waals surface area contributed by atoms with E-state index in [1.807, 2.05) is 0 Å². The Balaban J connectivity index is 1.67. The molecule has 0 N–H and O–H groups in total. The van der Waals surface area contributed by atoms with Gasteiger partial charge < -0.3 is 9.47 Å². The number of ketones is 1. The molecule has 1 aliphatic heterocycles. The molecular formula is C26H35ClO5. The Morgan fingerprint density at radius 2 is 1.91 bits per heavy atom. The van der Waals surface area contributed by atoms with Crippen LogP contribution in [-0.4, -0.2) is 29.9 Å². The lowest BCUT2D eigenvalue weighted by molar-refractivity contribution is -0.187. The molecule has 2 saturated carbocycles. The fourth-order valence-electron chi connectivity index (χ4n) is 7.28. The number of ether oxygens (including phenoxy) is 2. The summed E-state index contributed by atoms with van der Waals surface area (Å²) in [5.41, 5.74) is -0.956. The Morgan fingerprint density at radius 1 is 1.19 bits per heavy atom. The van der Waals surface area contributed by atoms with Crippen molar-refractivity contribution in [2.45, 2.75) is 84.7 Å². The lowest BCUT2D eigenvalue weighted by atomic mass is 9.49. The molecule has 0 saturated heterocycles. The van der Waals surface area contributed by atoms with Gasteiger partial charge in [-0.2, -0.15) is 0 Å². The Bertz CT molecular complexity index is 891. The molecule has 6 atom stereocenters. The summed E-state index contributed by atoms with van der Waals surface area (Å²) in [7, 11) is 0. The van der Waals surface area contributed by atoms with E-state index in [9.17, 15) is 14.4 Å². The van der Waals surface area contributed by atoms with Gasteiger partial charge in [0.05, 0.1) is 0 Å². The van der Waals surface area contributed by atoms with Crippen molar-refractivity contribution in [3.63, 3.8) is 0 Å². The molecule has 0 aromatic rings. The summed E-state index contributed by atoms with van der Waals surface area (Å²) >= 11 is 6.72. The number of hydrogen-bond donors (Lipinski definition) is 0. The summed E-state index contributed by atoms with van der Waals surface area (Å²) in [4.78, 5) is 37.7. The Morgan fingerprint density at radius 3 is 2.59 bits per heavy atom. The van der Waals surface area contributed by atoms with Crippen molar-refractivity contribution in [2.24, 2.45) is 28.6 Å². The van der Waals surface area contributed by atoms with E-state index in [-0.39, 0.29) is 40.9 Å². The van der Waals surface area contributed by atoms with Crippen LogP contribution in [-0.2, 0) is 23.9 Å². The molecule has 5 nitrogen and oxygen atoms in total. The topological polar surface area (TPSA) is 69.7 Å². The quantitative estimate of drug-likeness (QED) is 0.384. The maximum atomic E-state index is 13.1. The number of esters is 2. The zero-order valence-electron chi connectivity index (χ0n) is 19.7. The molecule has 0 spiro atoms. The Hall–Kier alpha value is -1.62. The van der Waals surface area contributed by atoms with Gasteiger partial charge in [-0.15, -0.1) is 0 Å². The predicted octanol–water partition coefficient (Wildman–Crippen LogP) is 5.51. The molecule has 0 aromatic heterocycles. The van der Waals surface area contributed by atoms with Crippen LogP contribution in [0.3, 0.4) is 0 Å². The molecule has 0 amide bonds. The van der Waals surface area contributed by atoms with Crippen molar-refractivity contribution < 1.29 is 23.9 Å². The largest absolute Gasteiger partial charge is 0.462 e. The summed E-state index contributed by atoms with van der Waals surface area (Å²) in [6, 6.07) is 0. The number of unbranched alkanes of at least 4 members (excludes halogenated alkanes) is 2. The molecule has 0 bridgehead atoms. The molecule has 176 valence electrons. The minimum absolute atomic E-state index is 0.0472. The second-order valence-electron chi connectivity index (χ2n) is 10.7. The Labute approximate surface area is 195 Å². The first kappa shape index (κ1) is 23.5. The van der Waals surface area contributed by atoms with Gasteiger partial charge in [-0.3, -0.25) is 9.59 Å². The first-order valence-corrected chi connectivity index (χ1v) is 12.5. The van der Waals surface area contributed by atoms with Crippen LogP contribution in [0.15, 0.2) is 22.8 Å². The highest BCUT2D eigenvalue weighted by molar-refractivity contribution is 6.32. The number of cyclic esters (lactones) is 1. The van der Waals surface area contributed by atoms with Gasteiger partial charge in [0.25, 0.3) is 0 Å². The minimum atomic E-state index is -1.07. The lowest BCUT2D eigenvalue weighted by Gasteiger charge is -2.57. The summed E-state index contributed by atoms with van der Waals surface area (Å²) < 4.78 is 11.5. The third kappa shape index (κ3) is 3.38. The summed E-state index contributed by atoms with van der Waals surface area (Å²) in [5.74, 6) is -0.0427. The maximum absolute atomic E-state index is 13.1. The number of Topliss-reactive ketones (excluding diaryl/α,β-unsaturated/α-hetero) is 1. The molecule has 0 aromatic carbocycles. The predicted molar refractivity (Wildman–Crippen MR) is 122 cm³/mol. The molecule has 1 heterocycles. The molecule has 2 fully saturated rings. The molecule has 3 aliphatic carbocycles. The Kier molecular flexibility index (Phi) is 6.11. The zero-order valence-corrected chi connectivity index (χ0v) is 20.4. The summed E-state index contributed by atoms with van der Waals surface area (Å²) in [5, 5.41) is 0.617. The minimum Gasteiger partial charge on any atom is -0.462 e. The number of hydrogen-bond acceptors (Lipinski definition) is 5. The lowest BCUT2D eigenvalue weighted by Crippen LogP contribution is -2.58. The van der Waals surface area contributed by atoms with E-state index in [1.54, 1.807) is 13.0 Å². The fraction of sp³-hybridized carbons (Fsp3) is 0.731. The molecule has 32 heavy (non-hydrogen) atoms. The van der Waals surface area contributed by atoms with E-state index in [2.05, 4.69) is 26.8 Å². The van der Waals surface area contributed by atoms with Crippen molar-refractivity contribution in [1.29, 1.82) is 0 Å². The summed E-state index contributed by atoms with van der Waals surface area (Å²) in [6.07, 6.45) is 9.84. The van der Waals surface area contributed by atoms with Crippen LogP contribution in [0.2, 0.25) is 0 Å². The highest BCUT2D eigenvalue weighted by Crippen LogP contribution is 2.67. The molecule has 4 aliphatic rings. The zero-order chi connectivity index (χ0) is 23.3. The second kappa shape index (κ2) is 8.30. The van der Waals surface area contributed by atoms with E-state index in [0.717, 1.165) is 44.1 Å². The van der Waals surface area contributed by atoms with Crippen LogP contribution in [0, 0.1) is 28.6 Å². The van der Waals surface area contributed by atoms with Gasteiger partial charge in [0.1, 0.15) is 6.61 Å². The van der Waals surface area contributed by atoms with Crippen LogP contribution < -0.4 is 0 Å². The smallest absolute Gasteiger partial charge is 0.331 e. The SMILES string of the molecule is CCCCCC(=O)O[C@]1(C(C)=O)CC[C@H]2[C@@H]3C=C(Cl)C4=CC(=O)OC[C@]4(C)[C@H]3CC[C@@]21C. The van der Waals surface area contributed by atoms with Crippen molar-refractivity contribution in [3.8, 4) is 0 Å². The number of rotatable bonds is 6. The monoisotopic (exact) mass is 462 g/mol. The van der Waals surface area contributed by atoms with Crippen molar-refractivity contribution in [3.05, 3.63) is 22.8 Å². The average molecular weight is 463 g/mol. The van der Waals surface area contributed by atoms with E-state index < -0.39 is 11.0 Å². The van der Waals surface area contributed by atoms with Crippen LogP contribution in [0.4, 0.5) is 0 Å². The number of carbonyl (C=O) groups is 3. The van der Waals surface area contributed by atoms with Crippen molar-refractivity contribution >= 4 is 29.3 Å². The van der Waals surface area contributed by atoms with Crippen molar-refractivity contribution in [1.82, 2.24) is 0 Å².